The molecule has 3 aromatic carbocycles. The summed E-state index contributed by atoms with van der Waals surface area (Å²) < 4.78 is 5.18. The van der Waals surface area contributed by atoms with Crippen LogP contribution in [0.15, 0.2) is 78.9 Å². The molecule has 0 spiro atoms. The maximum atomic E-state index is 12.6. The van der Waals surface area contributed by atoms with Crippen LogP contribution in [0.3, 0.4) is 0 Å². The summed E-state index contributed by atoms with van der Waals surface area (Å²) in [7, 11) is 0.391. The van der Waals surface area contributed by atoms with E-state index < -0.39 is 9.76 Å². The van der Waals surface area contributed by atoms with Crippen LogP contribution in [0, 0.1) is 0 Å². The topological polar surface area (TPSA) is 26.3 Å². The number of hydrogen-bond acceptors (Lipinski definition) is 2. The van der Waals surface area contributed by atoms with Gasteiger partial charge in [0.05, 0.1) is 0 Å². The predicted molar refractivity (Wildman–Crippen MR) is 97.2 cm³/mol. The minimum atomic E-state index is -1.21. The summed E-state index contributed by atoms with van der Waals surface area (Å²) in [5.74, 6) is 0. The molecule has 3 aromatic rings. The monoisotopic (exact) mass is 318 g/mol. The summed E-state index contributed by atoms with van der Waals surface area (Å²) in [6.45, 7) is 0. The minimum Gasteiger partial charge on any atom is -0.418 e. The SMILES string of the molecule is CO[SiH2]C(=O)c1cccc(-c2ccccc2)c1-c1ccccc1. The Bertz CT molecular complexity index is 798. The molecule has 0 aliphatic rings. The highest BCUT2D eigenvalue weighted by molar-refractivity contribution is 6.73. The van der Waals surface area contributed by atoms with Gasteiger partial charge in [-0.05, 0) is 22.3 Å². The van der Waals surface area contributed by atoms with Crippen molar-refractivity contribution in [3.8, 4) is 22.3 Å². The van der Waals surface area contributed by atoms with E-state index in [9.17, 15) is 4.79 Å². The van der Waals surface area contributed by atoms with Crippen LogP contribution >= 0.6 is 0 Å². The lowest BCUT2D eigenvalue weighted by Crippen LogP contribution is -2.13. The Kier molecular flexibility index (Phi) is 4.81. The fraction of sp³-hybridized carbons (Fsp3) is 0.0500. The predicted octanol–water partition coefficient (Wildman–Crippen LogP) is 3.89. The largest absolute Gasteiger partial charge is 0.418 e. The zero-order valence-electron chi connectivity index (χ0n) is 13.0. The highest BCUT2D eigenvalue weighted by atomic mass is 28.2. The van der Waals surface area contributed by atoms with Crippen LogP contribution in [-0.4, -0.2) is 22.3 Å². The third kappa shape index (κ3) is 3.31. The summed E-state index contributed by atoms with van der Waals surface area (Å²) in [4.78, 5) is 12.6. The molecule has 3 rings (SSSR count). The van der Waals surface area contributed by atoms with E-state index in [0.29, 0.717) is 0 Å². The van der Waals surface area contributed by atoms with E-state index in [-0.39, 0.29) is 5.41 Å². The molecule has 0 aliphatic carbocycles. The first kappa shape index (κ1) is 15.4. The number of hydrogen-bond donors (Lipinski definition) is 0. The third-order valence-electron chi connectivity index (χ3n) is 3.79. The summed E-state index contributed by atoms with van der Waals surface area (Å²) in [6.07, 6.45) is 0. The maximum absolute atomic E-state index is 12.6. The van der Waals surface area contributed by atoms with Crippen molar-refractivity contribution in [2.45, 2.75) is 0 Å². The van der Waals surface area contributed by atoms with E-state index in [0.717, 1.165) is 27.8 Å². The van der Waals surface area contributed by atoms with Gasteiger partial charge in [-0.25, -0.2) is 0 Å². The van der Waals surface area contributed by atoms with Crippen LogP contribution in [0.2, 0.25) is 0 Å². The fourth-order valence-corrected chi connectivity index (χ4v) is 3.48. The lowest BCUT2D eigenvalue weighted by molar-refractivity contribution is 0.106. The van der Waals surface area contributed by atoms with Crippen LogP contribution in [0.1, 0.15) is 10.4 Å². The molecule has 0 aliphatic heterocycles. The summed E-state index contributed by atoms with van der Waals surface area (Å²) in [5, 5.41) is 0.129. The van der Waals surface area contributed by atoms with Gasteiger partial charge < -0.3 is 4.43 Å². The van der Waals surface area contributed by atoms with Gasteiger partial charge in [0.15, 0.2) is 5.41 Å². The molecular formula is C20H18O2Si. The van der Waals surface area contributed by atoms with Gasteiger partial charge >= 0.3 is 0 Å². The highest BCUT2D eigenvalue weighted by Gasteiger charge is 2.17. The molecule has 0 atom stereocenters. The van der Waals surface area contributed by atoms with Crippen molar-refractivity contribution in [1.29, 1.82) is 0 Å². The number of rotatable bonds is 5. The van der Waals surface area contributed by atoms with Crippen LogP contribution in [-0.2, 0) is 4.43 Å². The second-order valence-electron chi connectivity index (χ2n) is 5.32. The molecule has 0 fully saturated rings. The Morgan fingerprint density at radius 2 is 1.39 bits per heavy atom. The van der Waals surface area contributed by atoms with E-state index in [2.05, 4.69) is 18.2 Å². The van der Waals surface area contributed by atoms with Crippen LogP contribution in [0.5, 0.6) is 0 Å². The van der Waals surface area contributed by atoms with E-state index in [1.807, 2.05) is 60.7 Å². The minimum absolute atomic E-state index is 0.129. The molecule has 2 nitrogen and oxygen atoms in total. The van der Waals surface area contributed by atoms with Crippen molar-refractivity contribution in [3.05, 3.63) is 84.4 Å². The van der Waals surface area contributed by atoms with Gasteiger partial charge in [-0.15, -0.1) is 0 Å². The zero-order chi connectivity index (χ0) is 16.1. The van der Waals surface area contributed by atoms with Gasteiger partial charge in [0.1, 0.15) is 0 Å². The standard InChI is InChI=1S/C20H18O2Si/c1-22-23-20(21)18-14-8-13-17(15-9-4-2-5-10-15)19(18)16-11-6-3-7-12-16/h2-14H,23H2,1H3. The number of carbonyl (C=O) groups is 1. The van der Waals surface area contributed by atoms with E-state index >= 15 is 0 Å². The zero-order valence-corrected chi connectivity index (χ0v) is 14.4. The van der Waals surface area contributed by atoms with E-state index in [1.54, 1.807) is 7.11 Å². The van der Waals surface area contributed by atoms with Gasteiger partial charge in [-0.1, -0.05) is 78.9 Å². The first-order valence-electron chi connectivity index (χ1n) is 7.57. The molecular weight excluding hydrogens is 300 g/mol. The first-order chi connectivity index (χ1) is 11.3. The first-order valence-corrected chi connectivity index (χ1v) is 8.85. The Hall–Kier alpha value is -2.49. The Morgan fingerprint density at radius 3 is 2.00 bits per heavy atom. The van der Waals surface area contributed by atoms with Crippen molar-refractivity contribution in [3.63, 3.8) is 0 Å². The molecule has 114 valence electrons. The summed E-state index contributed by atoms with van der Waals surface area (Å²) in [5.41, 5.74) is 4.99. The van der Waals surface area contributed by atoms with E-state index in [1.165, 1.54) is 0 Å². The molecule has 0 radical (unpaired) electrons. The normalized spacial score (nSPS) is 11.0. The average Bonchev–Trinajstić information content (AvgIpc) is 2.63. The maximum Gasteiger partial charge on any atom is 0.240 e. The fourth-order valence-electron chi connectivity index (χ4n) is 2.77. The molecule has 0 saturated carbocycles. The van der Waals surface area contributed by atoms with Crippen LogP contribution in [0.25, 0.3) is 22.3 Å². The number of carbonyl (C=O) groups excluding carboxylic acids is 1. The molecule has 3 heteroatoms. The van der Waals surface area contributed by atoms with Gasteiger partial charge in [0.2, 0.25) is 9.76 Å². The molecule has 0 heterocycles. The Labute approximate surface area is 138 Å². The molecule has 23 heavy (non-hydrogen) atoms. The summed E-state index contributed by atoms with van der Waals surface area (Å²) >= 11 is 0. The van der Waals surface area contributed by atoms with Crippen molar-refractivity contribution in [1.82, 2.24) is 0 Å². The van der Waals surface area contributed by atoms with Crippen LogP contribution in [0.4, 0.5) is 0 Å². The van der Waals surface area contributed by atoms with E-state index in [4.69, 9.17) is 4.43 Å². The Morgan fingerprint density at radius 1 is 0.783 bits per heavy atom. The molecule has 0 bridgehead atoms. The average molecular weight is 318 g/mol. The van der Waals surface area contributed by atoms with Gasteiger partial charge in [0, 0.05) is 12.7 Å². The van der Waals surface area contributed by atoms with Crippen molar-refractivity contribution in [2.75, 3.05) is 7.11 Å². The lowest BCUT2D eigenvalue weighted by Gasteiger charge is -2.15. The number of benzene rings is 3. The quantitative estimate of drug-likeness (QED) is 0.667. The van der Waals surface area contributed by atoms with Crippen molar-refractivity contribution >= 4 is 15.2 Å². The Balaban J connectivity index is 2.25. The van der Waals surface area contributed by atoms with Crippen LogP contribution < -0.4 is 0 Å². The van der Waals surface area contributed by atoms with Crippen molar-refractivity contribution in [2.24, 2.45) is 0 Å². The lowest BCUT2D eigenvalue weighted by atomic mass is 9.91. The molecule has 0 amide bonds. The smallest absolute Gasteiger partial charge is 0.240 e. The molecule has 0 aromatic heterocycles. The second-order valence-corrected chi connectivity index (χ2v) is 6.82. The van der Waals surface area contributed by atoms with Gasteiger partial charge in [-0.3, -0.25) is 4.79 Å². The molecule has 0 unspecified atom stereocenters. The van der Waals surface area contributed by atoms with Crippen molar-refractivity contribution < 1.29 is 9.22 Å². The second kappa shape index (κ2) is 7.18. The third-order valence-corrected chi connectivity index (χ3v) is 4.72. The summed E-state index contributed by atoms with van der Waals surface area (Å²) in [6, 6.07) is 26.2. The molecule has 0 N–H and O–H groups in total. The molecule has 0 saturated heterocycles. The van der Waals surface area contributed by atoms with Gasteiger partial charge in [-0.2, -0.15) is 0 Å². The highest BCUT2D eigenvalue weighted by Crippen LogP contribution is 2.35. The van der Waals surface area contributed by atoms with Gasteiger partial charge in [0.25, 0.3) is 0 Å².